The normalized spacial score (nSPS) is 20.5. The third-order valence-corrected chi connectivity index (χ3v) is 4.78. The molecule has 0 amide bonds. The lowest BCUT2D eigenvalue weighted by Crippen LogP contribution is -2.37. The molecule has 146 valence electrons. The Morgan fingerprint density at radius 2 is 1.81 bits per heavy atom. The van der Waals surface area contributed by atoms with Gasteiger partial charge in [0, 0.05) is 5.56 Å². The number of halogens is 3. The Morgan fingerprint density at radius 3 is 2.41 bits per heavy atom. The molecular weight excluding hydrogens is 361 g/mol. The van der Waals surface area contributed by atoms with Gasteiger partial charge in [0.25, 0.3) is 0 Å². The van der Waals surface area contributed by atoms with E-state index < -0.39 is 23.6 Å². The van der Waals surface area contributed by atoms with E-state index in [0.29, 0.717) is 18.2 Å². The van der Waals surface area contributed by atoms with Crippen molar-refractivity contribution in [3.05, 3.63) is 29.0 Å². The van der Waals surface area contributed by atoms with Gasteiger partial charge in [0.1, 0.15) is 11.4 Å². The number of rotatable bonds is 3. The molecule has 0 bridgehead atoms. The molecule has 9 heteroatoms. The first-order chi connectivity index (χ1) is 12.7. The molecule has 3 N–H and O–H groups in total. The topological polar surface area (TPSA) is 91.2 Å². The number of aliphatic hydroxyl groups is 1. The van der Waals surface area contributed by atoms with E-state index in [1.165, 1.54) is 6.92 Å². The predicted molar refractivity (Wildman–Crippen MR) is 93.3 cm³/mol. The van der Waals surface area contributed by atoms with Crippen LogP contribution in [0.3, 0.4) is 0 Å². The summed E-state index contributed by atoms with van der Waals surface area (Å²) in [5.41, 5.74) is 0.100. The molecule has 3 rings (SSSR count). The van der Waals surface area contributed by atoms with Gasteiger partial charge in [-0.05, 0) is 44.4 Å². The molecule has 1 aromatic carbocycles. The minimum Gasteiger partial charge on any atom is -0.507 e. The molecule has 2 atom stereocenters. The third kappa shape index (κ3) is 4.13. The molecule has 27 heavy (non-hydrogen) atoms. The molecule has 0 radical (unpaired) electrons. The monoisotopic (exact) mass is 382 g/mol. The van der Waals surface area contributed by atoms with Gasteiger partial charge in [0.2, 0.25) is 5.95 Å². The minimum absolute atomic E-state index is 0.160. The lowest BCUT2D eigenvalue weighted by atomic mass is 9.93. The average Bonchev–Trinajstić information content (AvgIpc) is 2.57. The van der Waals surface area contributed by atoms with E-state index in [-0.39, 0.29) is 28.8 Å². The number of anilines is 1. The fourth-order valence-electron chi connectivity index (χ4n) is 3.38. The number of hydrogen-bond acceptors (Lipinski definition) is 6. The largest absolute Gasteiger partial charge is 0.507 e. The Morgan fingerprint density at radius 1 is 1.11 bits per heavy atom. The van der Waals surface area contributed by atoms with Crippen LogP contribution in [0.4, 0.5) is 19.1 Å². The van der Waals surface area contributed by atoms with E-state index >= 15 is 0 Å². The van der Waals surface area contributed by atoms with Gasteiger partial charge in [0.15, 0.2) is 0 Å². The number of aliphatic hydroxyl groups excluding tert-OH is 1. The Balaban J connectivity index is 1.90. The van der Waals surface area contributed by atoms with Gasteiger partial charge >= 0.3 is 6.18 Å². The summed E-state index contributed by atoms with van der Waals surface area (Å²) in [6.07, 6.45) is -1.55. The van der Waals surface area contributed by atoms with Crippen LogP contribution in [-0.2, 0) is 6.18 Å². The maximum atomic E-state index is 12.9. The number of nitrogens with one attached hydrogen (secondary N) is 1. The first kappa shape index (κ1) is 19.3. The number of aromatic hydroxyl groups is 1. The van der Waals surface area contributed by atoms with Gasteiger partial charge in [-0.25, -0.2) is 4.98 Å². The minimum atomic E-state index is -4.55. The molecule has 1 aromatic heterocycles. The first-order valence-electron chi connectivity index (χ1n) is 8.74. The number of hydrogen-bond donors (Lipinski definition) is 3. The molecule has 1 aliphatic carbocycles. The summed E-state index contributed by atoms with van der Waals surface area (Å²) in [6, 6.07) is 1.47. The summed E-state index contributed by atoms with van der Waals surface area (Å²) >= 11 is 0. The molecule has 6 nitrogen and oxygen atoms in total. The number of benzene rings is 1. The van der Waals surface area contributed by atoms with Crippen LogP contribution in [0.1, 0.15) is 42.5 Å². The van der Waals surface area contributed by atoms with Crippen LogP contribution < -0.4 is 5.32 Å². The standard InChI is InChI=1S/C18H21F3N4O2/c1-9-7-11(18(19,20)21)8-14(27)15(9)16-10(2)22-17(25-24-16)23-12-5-3-4-6-13(12)26/h7-8,12-13,26-27H,3-6H2,1-2H3,(H,22,23,25)/t12-,13-/m1/s1. The van der Waals surface area contributed by atoms with Gasteiger partial charge in [-0.2, -0.15) is 13.2 Å². The number of aromatic nitrogens is 3. The van der Waals surface area contributed by atoms with Crippen molar-refractivity contribution in [2.75, 3.05) is 5.32 Å². The van der Waals surface area contributed by atoms with Gasteiger partial charge in [-0.1, -0.05) is 12.8 Å². The number of phenols is 1. The zero-order valence-electron chi connectivity index (χ0n) is 15.0. The number of nitrogens with zero attached hydrogens (tertiary/aromatic N) is 3. The zero-order valence-corrected chi connectivity index (χ0v) is 15.0. The highest BCUT2D eigenvalue weighted by Crippen LogP contribution is 2.39. The molecule has 2 aromatic rings. The lowest BCUT2D eigenvalue weighted by molar-refractivity contribution is -0.137. The fourth-order valence-corrected chi connectivity index (χ4v) is 3.38. The molecule has 0 aliphatic heterocycles. The first-order valence-corrected chi connectivity index (χ1v) is 8.74. The van der Waals surface area contributed by atoms with Crippen molar-refractivity contribution in [1.82, 2.24) is 15.2 Å². The summed E-state index contributed by atoms with van der Waals surface area (Å²) in [5, 5.41) is 31.3. The second-order valence-corrected chi connectivity index (χ2v) is 6.86. The fraction of sp³-hybridized carbons (Fsp3) is 0.500. The highest BCUT2D eigenvalue weighted by Gasteiger charge is 2.32. The molecule has 0 spiro atoms. The molecule has 0 saturated heterocycles. The number of phenolic OH excluding ortho intramolecular Hbond substituents is 1. The van der Waals surface area contributed by atoms with Crippen LogP contribution in [0.15, 0.2) is 12.1 Å². The Hall–Kier alpha value is -2.42. The summed E-state index contributed by atoms with van der Waals surface area (Å²) in [4.78, 5) is 4.30. The highest BCUT2D eigenvalue weighted by molar-refractivity contribution is 5.72. The molecule has 1 fully saturated rings. The van der Waals surface area contributed by atoms with Gasteiger partial charge in [-0.15, -0.1) is 10.2 Å². The predicted octanol–water partition coefficient (Wildman–Crippen LogP) is 3.60. The molecule has 1 heterocycles. The summed E-state index contributed by atoms with van der Waals surface area (Å²) in [6.45, 7) is 3.11. The highest BCUT2D eigenvalue weighted by atomic mass is 19.4. The van der Waals surface area contributed by atoms with E-state index in [1.54, 1.807) is 6.92 Å². The molecule has 1 saturated carbocycles. The maximum absolute atomic E-state index is 12.9. The molecular formula is C18H21F3N4O2. The van der Waals surface area contributed by atoms with Crippen molar-refractivity contribution in [2.24, 2.45) is 0 Å². The Bertz CT molecular complexity index is 819. The van der Waals surface area contributed by atoms with Crippen LogP contribution in [-0.4, -0.2) is 37.5 Å². The van der Waals surface area contributed by atoms with E-state index in [4.69, 9.17) is 0 Å². The second-order valence-electron chi connectivity index (χ2n) is 6.86. The van der Waals surface area contributed by atoms with Crippen molar-refractivity contribution >= 4 is 5.95 Å². The van der Waals surface area contributed by atoms with Gasteiger partial charge in [-0.3, -0.25) is 0 Å². The van der Waals surface area contributed by atoms with Crippen molar-refractivity contribution < 1.29 is 23.4 Å². The summed E-state index contributed by atoms with van der Waals surface area (Å²) in [5.74, 6) is -0.281. The SMILES string of the molecule is Cc1cc(C(F)(F)F)cc(O)c1-c1nnc(N[C@@H]2CCCC[C@H]2O)nc1C. The second kappa shape index (κ2) is 7.30. The van der Waals surface area contributed by atoms with Crippen LogP contribution >= 0.6 is 0 Å². The van der Waals surface area contributed by atoms with Crippen LogP contribution in [0, 0.1) is 13.8 Å². The van der Waals surface area contributed by atoms with Crippen molar-refractivity contribution in [2.45, 2.75) is 57.9 Å². The maximum Gasteiger partial charge on any atom is 0.416 e. The van der Waals surface area contributed by atoms with E-state index in [9.17, 15) is 23.4 Å². The van der Waals surface area contributed by atoms with Crippen molar-refractivity contribution in [3.8, 4) is 17.0 Å². The van der Waals surface area contributed by atoms with E-state index in [1.807, 2.05) is 0 Å². The van der Waals surface area contributed by atoms with Crippen LogP contribution in [0.25, 0.3) is 11.3 Å². The molecule has 1 aliphatic rings. The Labute approximate surface area is 154 Å². The average molecular weight is 382 g/mol. The quantitative estimate of drug-likeness (QED) is 0.751. The van der Waals surface area contributed by atoms with Crippen molar-refractivity contribution in [1.29, 1.82) is 0 Å². The number of alkyl halides is 3. The van der Waals surface area contributed by atoms with Crippen LogP contribution in [0.5, 0.6) is 5.75 Å². The van der Waals surface area contributed by atoms with E-state index in [2.05, 4.69) is 20.5 Å². The smallest absolute Gasteiger partial charge is 0.416 e. The summed E-state index contributed by atoms with van der Waals surface area (Å²) in [7, 11) is 0. The van der Waals surface area contributed by atoms with E-state index in [0.717, 1.165) is 25.3 Å². The molecule has 0 unspecified atom stereocenters. The lowest BCUT2D eigenvalue weighted by Gasteiger charge is -2.28. The summed E-state index contributed by atoms with van der Waals surface area (Å²) < 4.78 is 38.7. The zero-order chi connectivity index (χ0) is 19.8. The van der Waals surface area contributed by atoms with Gasteiger partial charge < -0.3 is 15.5 Å². The van der Waals surface area contributed by atoms with Crippen molar-refractivity contribution in [3.63, 3.8) is 0 Å². The number of aryl methyl sites for hydroxylation is 2. The van der Waals surface area contributed by atoms with Crippen LogP contribution in [0.2, 0.25) is 0 Å². The Kier molecular flexibility index (Phi) is 5.23. The third-order valence-electron chi connectivity index (χ3n) is 4.78. The van der Waals surface area contributed by atoms with Gasteiger partial charge in [0.05, 0.1) is 23.4 Å².